The van der Waals surface area contributed by atoms with Gasteiger partial charge in [-0.2, -0.15) is 0 Å². The van der Waals surface area contributed by atoms with Gasteiger partial charge in [0.15, 0.2) is 0 Å². The average Bonchev–Trinajstić information content (AvgIpc) is 2.98. The summed E-state index contributed by atoms with van der Waals surface area (Å²) in [6, 6.07) is 12.8. The molecule has 132 valence electrons. The lowest BCUT2D eigenvalue weighted by Crippen LogP contribution is -2.21. The Balaban J connectivity index is 1.69. The van der Waals surface area contributed by atoms with Gasteiger partial charge in [0.25, 0.3) is 0 Å². The third-order valence-electron chi connectivity index (χ3n) is 4.28. The predicted octanol–water partition coefficient (Wildman–Crippen LogP) is 5.16. The molecule has 1 N–H and O–H groups in total. The molecule has 1 aliphatic heterocycles. The van der Waals surface area contributed by atoms with E-state index >= 15 is 0 Å². The van der Waals surface area contributed by atoms with Gasteiger partial charge in [0.05, 0.1) is 12.3 Å². The second-order valence-electron chi connectivity index (χ2n) is 6.34. The Morgan fingerprint density at radius 1 is 1.24 bits per heavy atom. The SMILES string of the molecule is CN1CC[C@@H](COC(=O)Nc2ccccc2-c2cc(Cl)cc(Cl)c2)C1. The number of ether oxygens (including phenoxy) is 1. The number of carbonyl (C=O) groups is 1. The van der Waals surface area contributed by atoms with Crippen LogP contribution < -0.4 is 5.32 Å². The minimum atomic E-state index is -0.449. The molecular weight excluding hydrogens is 359 g/mol. The highest BCUT2D eigenvalue weighted by atomic mass is 35.5. The molecule has 25 heavy (non-hydrogen) atoms. The van der Waals surface area contributed by atoms with Gasteiger partial charge in [0.2, 0.25) is 0 Å². The van der Waals surface area contributed by atoms with Crippen molar-refractivity contribution in [2.24, 2.45) is 5.92 Å². The van der Waals surface area contributed by atoms with E-state index in [4.69, 9.17) is 27.9 Å². The van der Waals surface area contributed by atoms with Crippen molar-refractivity contribution < 1.29 is 9.53 Å². The Morgan fingerprint density at radius 2 is 1.96 bits per heavy atom. The molecular formula is C19H20Cl2N2O2. The molecule has 4 nitrogen and oxygen atoms in total. The van der Waals surface area contributed by atoms with Crippen molar-refractivity contribution in [1.29, 1.82) is 0 Å². The van der Waals surface area contributed by atoms with Crippen LogP contribution in [0.5, 0.6) is 0 Å². The molecule has 0 aromatic heterocycles. The second-order valence-corrected chi connectivity index (χ2v) is 7.22. The van der Waals surface area contributed by atoms with Crippen molar-refractivity contribution >= 4 is 35.0 Å². The third-order valence-corrected chi connectivity index (χ3v) is 4.71. The molecule has 2 aromatic rings. The van der Waals surface area contributed by atoms with Gasteiger partial charge in [0, 0.05) is 28.1 Å². The lowest BCUT2D eigenvalue weighted by Gasteiger charge is -2.14. The molecule has 0 aliphatic carbocycles. The van der Waals surface area contributed by atoms with Crippen molar-refractivity contribution in [1.82, 2.24) is 4.90 Å². The fraction of sp³-hybridized carbons (Fsp3) is 0.316. The smallest absolute Gasteiger partial charge is 0.411 e. The molecule has 1 heterocycles. The van der Waals surface area contributed by atoms with Crippen molar-refractivity contribution in [3.05, 3.63) is 52.5 Å². The highest BCUT2D eigenvalue weighted by molar-refractivity contribution is 6.35. The minimum Gasteiger partial charge on any atom is -0.449 e. The zero-order valence-electron chi connectivity index (χ0n) is 14.0. The van der Waals surface area contributed by atoms with Gasteiger partial charge in [-0.15, -0.1) is 0 Å². The van der Waals surface area contributed by atoms with Gasteiger partial charge in [-0.1, -0.05) is 41.4 Å². The zero-order valence-corrected chi connectivity index (χ0v) is 15.5. The maximum atomic E-state index is 12.2. The van der Waals surface area contributed by atoms with E-state index < -0.39 is 6.09 Å². The minimum absolute atomic E-state index is 0.401. The second kappa shape index (κ2) is 8.09. The first-order valence-corrected chi connectivity index (χ1v) is 8.94. The van der Waals surface area contributed by atoms with Gasteiger partial charge in [-0.25, -0.2) is 4.79 Å². The number of halogens is 2. The standard InChI is InChI=1S/C19H20Cl2N2O2/c1-23-7-6-13(11-23)12-25-19(24)22-18-5-3-2-4-17(18)14-8-15(20)10-16(21)9-14/h2-5,8-10,13H,6-7,11-12H2,1H3,(H,22,24)/t13-/m1/s1. The van der Waals surface area contributed by atoms with Crippen molar-refractivity contribution in [2.75, 3.05) is 32.1 Å². The number of anilines is 1. The summed E-state index contributed by atoms with van der Waals surface area (Å²) in [4.78, 5) is 14.4. The number of hydrogen-bond donors (Lipinski definition) is 1. The number of amides is 1. The highest BCUT2D eigenvalue weighted by Gasteiger charge is 2.21. The molecule has 6 heteroatoms. The van der Waals surface area contributed by atoms with E-state index in [0.717, 1.165) is 30.6 Å². The number of benzene rings is 2. The molecule has 2 aromatic carbocycles. The zero-order chi connectivity index (χ0) is 17.8. The summed E-state index contributed by atoms with van der Waals surface area (Å²) in [6.45, 7) is 2.44. The lowest BCUT2D eigenvalue weighted by molar-refractivity contribution is 0.142. The summed E-state index contributed by atoms with van der Waals surface area (Å²) < 4.78 is 5.39. The van der Waals surface area contributed by atoms with Crippen LogP contribution in [0.4, 0.5) is 10.5 Å². The van der Waals surface area contributed by atoms with Crippen LogP contribution in [-0.4, -0.2) is 37.7 Å². The number of para-hydroxylation sites is 1. The van der Waals surface area contributed by atoms with E-state index in [-0.39, 0.29) is 0 Å². The summed E-state index contributed by atoms with van der Waals surface area (Å²) in [7, 11) is 2.08. The number of likely N-dealkylation sites (tertiary alicyclic amines) is 1. The molecule has 0 unspecified atom stereocenters. The van der Waals surface area contributed by atoms with E-state index in [1.54, 1.807) is 6.07 Å². The summed E-state index contributed by atoms with van der Waals surface area (Å²) >= 11 is 12.2. The van der Waals surface area contributed by atoms with Crippen LogP contribution in [-0.2, 0) is 4.74 Å². The maximum Gasteiger partial charge on any atom is 0.411 e. The molecule has 1 saturated heterocycles. The number of nitrogens with one attached hydrogen (secondary N) is 1. The van der Waals surface area contributed by atoms with Gasteiger partial charge >= 0.3 is 6.09 Å². The Kier molecular flexibility index (Phi) is 5.84. The van der Waals surface area contributed by atoms with Crippen molar-refractivity contribution in [3.8, 4) is 11.1 Å². The Morgan fingerprint density at radius 3 is 2.64 bits per heavy atom. The van der Waals surface area contributed by atoms with Crippen LogP contribution in [0.15, 0.2) is 42.5 Å². The number of nitrogens with zero attached hydrogens (tertiary/aromatic N) is 1. The first-order valence-electron chi connectivity index (χ1n) is 8.19. The van der Waals surface area contributed by atoms with Crippen molar-refractivity contribution in [2.45, 2.75) is 6.42 Å². The topological polar surface area (TPSA) is 41.6 Å². The van der Waals surface area contributed by atoms with Crippen LogP contribution in [0, 0.1) is 5.92 Å². The maximum absolute atomic E-state index is 12.2. The fourth-order valence-corrected chi connectivity index (χ4v) is 3.58. The molecule has 1 amide bonds. The molecule has 3 rings (SSSR count). The van der Waals surface area contributed by atoms with E-state index in [1.807, 2.05) is 36.4 Å². The summed E-state index contributed by atoms with van der Waals surface area (Å²) in [6.07, 6.45) is 0.608. The number of carbonyl (C=O) groups excluding carboxylic acids is 1. The average molecular weight is 379 g/mol. The van der Waals surface area contributed by atoms with E-state index in [9.17, 15) is 4.79 Å². The van der Waals surface area contributed by atoms with E-state index in [1.165, 1.54) is 0 Å². The van der Waals surface area contributed by atoms with Crippen molar-refractivity contribution in [3.63, 3.8) is 0 Å². The number of hydrogen-bond acceptors (Lipinski definition) is 3. The van der Waals surface area contributed by atoms with Crippen LogP contribution in [0.2, 0.25) is 10.0 Å². The normalized spacial score (nSPS) is 17.5. The molecule has 1 atom stereocenters. The fourth-order valence-electron chi connectivity index (χ4n) is 3.06. The first kappa shape index (κ1) is 18.1. The highest BCUT2D eigenvalue weighted by Crippen LogP contribution is 2.32. The largest absolute Gasteiger partial charge is 0.449 e. The van der Waals surface area contributed by atoms with E-state index in [0.29, 0.717) is 28.3 Å². The summed E-state index contributed by atoms with van der Waals surface area (Å²) in [5.41, 5.74) is 2.34. The molecule has 0 bridgehead atoms. The molecule has 0 saturated carbocycles. The van der Waals surface area contributed by atoms with Gasteiger partial charge in [0.1, 0.15) is 0 Å². The van der Waals surface area contributed by atoms with Crippen LogP contribution in [0.1, 0.15) is 6.42 Å². The van der Waals surface area contributed by atoms with Gasteiger partial charge in [-0.3, -0.25) is 5.32 Å². The third kappa shape index (κ3) is 4.88. The summed E-state index contributed by atoms with van der Waals surface area (Å²) in [5, 5.41) is 3.92. The molecule has 0 spiro atoms. The molecule has 1 fully saturated rings. The lowest BCUT2D eigenvalue weighted by atomic mass is 10.0. The monoisotopic (exact) mass is 378 g/mol. The van der Waals surface area contributed by atoms with Crippen LogP contribution in [0.25, 0.3) is 11.1 Å². The first-order chi connectivity index (χ1) is 12.0. The Labute approximate surface area is 157 Å². The van der Waals surface area contributed by atoms with Crippen LogP contribution in [0.3, 0.4) is 0 Å². The van der Waals surface area contributed by atoms with Gasteiger partial charge < -0.3 is 9.64 Å². The Bertz CT molecular complexity index is 747. The van der Waals surface area contributed by atoms with Gasteiger partial charge in [-0.05, 0) is 49.8 Å². The molecule has 0 radical (unpaired) electrons. The Hall–Kier alpha value is -1.75. The predicted molar refractivity (Wildman–Crippen MR) is 102 cm³/mol. The number of rotatable bonds is 4. The van der Waals surface area contributed by atoms with Crippen LogP contribution >= 0.6 is 23.2 Å². The van der Waals surface area contributed by atoms with E-state index in [2.05, 4.69) is 17.3 Å². The summed E-state index contributed by atoms with van der Waals surface area (Å²) in [5.74, 6) is 0.401. The quantitative estimate of drug-likeness (QED) is 0.798. The molecule has 1 aliphatic rings.